The van der Waals surface area contributed by atoms with Gasteiger partial charge in [0.2, 0.25) is 11.8 Å². The molecule has 2 fully saturated rings. The quantitative estimate of drug-likeness (QED) is 0.579. The Morgan fingerprint density at radius 3 is 2.13 bits per heavy atom. The van der Waals surface area contributed by atoms with Gasteiger partial charge in [0.25, 0.3) is 0 Å². The lowest BCUT2D eigenvalue weighted by atomic mass is 9.85. The Hall–Kier alpha value is -1.87. The molecule has 2 bridgehead atoms. The highest BCUT2D eigenvalue weighted by atomic mass is 35.5. The smallest absolute Gasteiger partial charge is 0.238 e. The van der Waals surface area contributed by atoms with Crippen molar-refractivity contribution in [3.05, 3.63) is 52.1 Å². The van der Waals surface area contributed by atoms with Crippen LogP contribution in [-0.4, -0.2) is 11.8 Å². The number of carbonyl (C=O) groups is 2. The number of halogens is 1. The van der Waals surface area contributed by atoms with Crippen LogP contribution in [0.3, 0.4) is 0 Å². The molecule has 4 rings (SSSR count). The molecule has 1 saturated heterocycles. The van der Waals surface area contributed by atoms with Gasteiger partial charge < -0.3 is 0 Å². The minimum atomic E-state index is -0.249. The predicted molar refractivity (Wildman–Crippen MR) is 90.2 cm³/mol. The number of fused-ring (bicyclic) bond motifs is 5. The van der Waals surface area contributed by atoms with Crippen molar-refractivity contribution in [2.75, 3.05) is 4.90 Å². The summed E-state index contributed by atoms with van der Waals surface area (Å²) in [6, 6.07) is 5.34. The Bertz CT molecular complexity index is 770. The molecule has 1 heterocycles. The highest BCUT2D eigenvalue weighted by Crippen LogP contribution is 2.57. The van der Waals surface area contributed by atoms with Crippen LogP contribution in [0.25, 0.3) is 0 Å². The molecule has 1 saturated carbocycles. The Morgan fingerprint density at radius 1 is 1.04 bits per heavy atom. The van der Waals surface area contributed by atoms with E-state index in [0.717, 1.165) is 5.56 Å². The second-order valence-electron chi connectivity index (χ2n) is 6.89. The van der Waals surface area contributed by atoms with E-state index in [2.05, 4.69) is 26.0 Å². The van der Waals surface area contributed by atoms with Crippen LogP contribution in [0, 0.1) is 30.6 Å². The van der Waals surface area contributed by atoms with E-state index in [4.69, 9.17) is 11.6 Å². The van der Waals surface area contributed by atoms with Crippen molar-refractivity contribution in [1.82, 2.24) is 0 Å². The van der Waals surface area contributed by atoms with E-state index in [-0.39, 0.29) is 35.5 Å². The zero-order valence-corrected chi connectivity index (χ0v) is 14.1. The van der Waals surface area contributed by atoms with Gasteiger partial charge in [-0.3, -0.25) is 9.59 Å². The number of aryl methyl sites for hydroxylation is 1. The fourth-order valence-electron chi connectivity index (χ4n) is 4.49. The molecule has 4 heteroatoms. The Balaban J connectivity index is 1.80. The number of carbonyl (C=O) groups excluding carboxylic acids is 2. The minimum absolute atomic E-state index is 0.0796. The third kappa shape index (κ3) is 1.83. The first-order valence-electron chi connectivity index (χ1n) is 7.91. The first-order chi connectivity index (χ1) is 10.9. The fourth-order valence-corrected chi connectivity index (χ4v) is 4.66. The van der Waals surface area contributed by atoms with Crippen LogP contribution in [0.5, 0.6) is 0 Å². The van der Waals surface area contributed by atoms with E-state index < -0.39 is 0 Å². The molecule has 0 N–H and O–H groups in total. The molecule has 118 valence electrons. The zero-order chi connectivity index (χ0) is 16.5. The van der Waals surface area contributed by atoms with Crippen LogP contribution >= 0.6 is 11.6 Å². The van der Waals surface area contributed by atoms with E-state index in [1.165, 1.54) is 16.0 Å². The van der Waals surface area contributed by atoms with Crippen molar-refractivity contribution in [3.63, 3.8) is 0 Å². The molecule has 0 radical (unpaired) electrons. The summed E-state index contributed by atoms with van der Waals surface area (Å²) in [4.78, 5) is 27.4. The molecule has 0 spiro atoms. The lowest BCUT2D eigenvalue weighted by molar-refractivity contribution is -0.122. The monoisotopic (exact) mass is 327 g/mol. The topological polar surface area (TPSA) is 37.4 Å². The average molecular weight is 328 g/mol. The summed E-state index contributed by atoms with van der Waals surface area (Å²) in [5, 5.41) is 0.536. The van der Waals surface area contributed by atoms with Crippen molar-refractivity contribution < 1.29 is 9.59 Å². The number of amides is 2. The molecule has 0 aromatic heterocycles. The summed E-state index contributed by atoms with van der Waals surface area (Å²) in [6.07, 6.45) is 4.21. The van der Waals surface area contributed by atoms with E-state index in [9.17, 15) is 9.59 Å². The minimum Gasteiger partial charge on any atom is -0.274 e. The maximum absolute atomic E-state index is 13.0. The molecule has 2 aliphatic carbocycles. The molecule has 2 amide bonds. The van der Waals surface area contributed by atoms with E-state index in [1.54, 1.807) is 12.1 Å². The molecule has 1 aromatic carbocycles. The Morgan fingerprint density at radius 2 is 1.61 bits per heavy atom. The van der Waals surface area contributed by atoms with Crippen LogP contribution in [0.2, 0.25) is 5.02 Å². The number of imide groups is 1. The maximum Gasteiger partial charge on any atom is 0.238 e. The van der Waals surface area contributed by atoms with Gasteiger partial charge in [-0.25, -0.2) is 4.90 Å². The molecule has 0 unspecified atom stereocenters. The number of benzene rings is 1. The Kier molecular flexibility index (Phi) is 3.08. The van der Waals surface area contributed by atoms with Crippen LogP contribution in [0.4, 0.5) is 5.69 Å². The second kappa shape index (κ2) is 4.81. The van der Waals surface area contributed by atoms with Crippen LogP contribution in [-0.2, 0) is 9.59 Å². The first-order valence-corrected chi connectivity index (χ1v) is 8.29. The summed E-state index contributed by atoms with van der Waals surface area (Å²) in [7, 11) is 0. The summed E-state index contributed by atoms with van der Waals surface area (Å²) >= 11 is 6.08. The molecule has 3 aliphatic rings. The normalized spacial score (nSPS) is 31.3. The van der Waals surface area contributed by atoms with Gasteiger partial charge in [-0.1, -0.05) is 41.0 Å². The zero-order valence-electron chi connectivity index (χ0n) is 13.3. The summed E-state index contributed by atoms with van der Waals surface area (Å²) in [6.45, 7) is 6.03. The molecule has 23 heavy (non-hydrogen) atoms. The number of hydrogen-bond acceptors (Lipinski definition) is 2. The molecule has 4 atom stereocenters. The fraction of sp³-hybridized carbons (Fsp3) is 0.368. The van der Waals surface area contributed by atoms with Gasteiger partial charge >= 0.3 is 0 Å². The van der Waals surface area contributed by atoms with Crippen molar-refractivity contribution >= 4 is 29.1 Å². The van der Waals surface area contributed by atoms with Crippen molar-refractivity contribution in [3.8, 4) is 0 Å². The van der Waals surface area contributed by atoms with Crippen molar-refractivity contribution in [2.45, 2.75) is 20.8 Å². The molecule has 1 aromatic rings. The van der Waals surface area contributed by atoms with Crippen LogP contribution < -0.4 is 4.90 Å². The van der Waals surface area contributed by atoms with Crippen LogP contribution in [0.15, 0.2) is 41.5 Å². The third-order valence-electron chi connectivity index (χ3n) is 5.41. The molecular weight excluding hydrogens is 310 g/mol. The van der Waals surface area contributed by atoms with E-state index in [1.807, 2.05) is 13.0 Å². The first kappa shape index (κ1) is 14.7. The van der Waals surface area contributed by atoms with Gasteiger partial charge in [0.15, 0.2) is 0 Å². The largest absolute Gasteiger partial charge is 0.274 e. The van der Waals surface area contributed by atoms with E-state index in [0.29, 0.717) is 10.7 Å². The number of anilines is 1. The molecular formula is C19H18ClNO2. The van der Waals surface area contributed by atoms with Crippen molar-refractivity contribution in [1.29, 1.82) is 0 Å². The predicted octanol–water partition coefficient (Wildman–Crippen LogP) is 3.91. The van der Waals surface area contributed by atoms with E-state index >= 15 is 0 Å². The average Bonchev–Trinajstić information content (AvgIpc) is 3.13. The molecule has 1 aliphatic heterocycles. The lowest BCUT2D eigenvalue weighted by Gasteiger charge is -2.21. The lowest BCUT2D eigenvalue weighted by Crippen LogP contribution is -2.33. The van der Waals surface area contributed by atoms with Gasteiger partial charge in [-0.2, -0.15) is 0 Å². The van der Waals surface area contributed by atoms with Crippen molar-refractivity contribution in [2.24, 2.45) is 23.7 Å². The second-order valence-corrected chi connectivity index (χ2v) is 7.32. The Labute approximate surface area is 140 Å². The standard InChI is InChI=1S/C19H18ClNO2/c1-9(2)15-12-6-7-13(15)17-16(12)18(22)21(19(17)23)14-8-11(20)5-4-10(14)3/h4-8,12-13,16-17H,1-3H3/t12-,13-,16-,17+/m1/s1. The number of allylic oxidation sites excluding steroid dienone is 4. The van der Waals surface area contributed by atoms with Gasteiger partial charge in [-0.15, -0.1) is 0 Å². The maximum atomic E-state index is 13.0. The number of hydrogen-bond donors (Lipinski definition) is 0. The van der Waals surface area contributed by atoms with Crippen LogP contribution in [0.1, 0.15) is 19.4 Å². The number of nitrogens with zero attached hydrogens (tertiary/aromatic N) is 1. The molecule has 3 nitrogen and oxygen atoms in total. The highest BCUT2D eigenvalue weighted by Gasteiger charge is 2.62. The third-order valence-corrected chi connectivity index (χ3v) is 5.64. The summed E-state index contributed by atoms with van der Waals surface area (Å²) < 4.78 is 0. The number of rotatable bonds is 1. The van der Waals surface area contributed by atoms with Gasteiger partial charge in [-0.05, 0) is 38.5 Å². The van der Waals surface area contributed by atoms with Gasteiger partial charge in [0.1, 0.15) is 0 Å². The summed E-state index contributed by atoms with van der Waals surface area (Å²) in [5.41, 5.74) is 4.01. The SMILES string of the molecule is CC(C)=C1[C@H]2C=C[C@H]1[C@H]1C(=O)N(c3cc(Cl)ccc3C)C(=O)[C@H]12. The highest BCUT2D eigenvalue weighted by molar-refractivity contribution is 6.31. The summed E-state index contributed by atoms with van der Waals surface area (Å²) in [5.74, 6) is -0.504. The van der Waals surface area contributed by atoms with Gasteiger partial charge in [0.05, 0.1) is 17.5 Å². The van der Waals surface area contributed by atoms with Gasteiger partial charge in [0, 0.05) is 16.9 Å².